The van der Waals surface area contributed by atoms with Crippen molar-refractivity contribution >= 4 is 17.9 Å². The van der Waals surface area contributed by atoms with Gasteiger partial charge in [-0.2, -0.15) is 0 Å². The van der Waals surface area contributed by atoms with Gasteiger partial charge in [-0.05, 0) is 58.1 Å². The van der Waals surface area contributed by atoms with E-state index in [0.717, 1.165) is 5.69 Å². The number of hydrogen-bond acceptors (Lipinski definition) is 5. The van der Waals surface area contributed by atoms with Crippen molar-refractivity contribution < 1.29 is 28.6 Å². The monoisotopic (exact) mass is 461 g/mol. The van der Waals surface area contributed by atoms with E-state index >= 15 is 4.39 Å². The van der Waals surface area contributed by atoms with Gasteiger partial charge in [-0.1, -0.05) is 18.2 Å². The number of nitrogens with one attached hydrogen (secondary N) is 1. The molecule has 0 saturated carbocycles. The summed E-state index contributed by atoms with van der Waals surface area (Å²) in [6, 6.07) is 8.59. The first-order chi connectivity index (χ1) is 15.8. The van der Waals surface area contributed by atoms with Crippen LogP contribution in [0, 0.1) is 5.92 Å². The Morgan fingerprint density at radius 2 is 1.88 bits per heavy atom. The van der Waals surface area contributed by atoms with Crippen molar-refractivity contribution in [2.24, 2.45) is 5.92 Å². The highest BCUT2D eigenvalue weighted by atomic mass is 19.1. The normalized spacial score (nSPS) is 37.3. The summed E-state index contributed by atoms with van der Waals surface area (Å²) in [6.45, 7) is 3.99. The Morgan fingerprint density at radius 3 is 2.48 bits per heavy atom. The van der Waals surface area contributed by atoms with Gasteiger partial charge in [-0.3, -0.25) is 0 Å². The van der Waals surface area contributed by atoms with Gasteiger partial charge in [-0.25, -0.2) is 14.0 Å². The van der Waals surface area contributed by atoms with E-state index in [2.05, 4.69) is 5.32 Å². The van der Waals surface area contributed by atoms with Crippen LogP contribution in [0.25, 0.3) is 0 Å². The number of carbonyl (C=O) groups is 2. The molecular weight excluding hydrogens is 429 g/mol. The molecule has 180 valence electrons. The van der Waals surface area contributed by atoms with E-state index in [-0.39, 0.29) is 24.3 Å². The fraction of sp³-hybridized carbons (Fsp3) is 0.667. The quantitative estimate of drug-likeness (QED) is 0.664. The zero-order valence-electron chi connectivity index (χ0n) is 19.0. The number of piperidine rings is 3. The molecule has 8 nitrogen and oxygen atoms in total. The third-order valence-electron chi connectivity index (χ3n) is 7.69. The largest absolute Gasteiger partial charge is 0.465 e. The van der Waals surface area contributed by atoms with E-state index in [4.69, 9.17) is 9.47 Å². The minimum atomic E-state index is -1.39. The first-order valence-electron chi connectivity index (χ1n) is 11.9. The molecule has 5 unspecified atom stereocenters. The second kappa shape index (κ2) is 8.34. The Hall–Kier alpha value is -2.55. The lowest BCUT2D eigenvalue weighted by Gasteiger charge is -2.64. The number of para-hydroxylation sites is 1. The molecule has 0 spiro atoms. The predicted molar refractivity (Wildman–Crippen MR) is 119 cm³/mol. The molecule has 1 aromatic rings. The highest BCUT2D eigenvalue weighted by molar-refractivity contribution is 5.68. The SMILES string of the molecule is CC(C)OC(=O)NC1CCN(c2ccccc2)C(F)C1C12CC3CC(CC(C1)N3C(=O)O)O2. The Balaban J connectivity index is 1.47. The van der Waals surface area contributed by atoms with E-state index in [1.54, 1.807) is 23.6 Å². The lowest BCUT2D eigenvalue weighted by molar-refractivity contribution is -0.263. The summed E-state index contributed by atoms with van der Waals surface area (Å²) in [5.41, 5.74) is -0.0412. The van der Waals surface area contributed by atoms with Crippen LogP contribution in [0.4, 0.5) is 19.7 Å². The van der Waals surface area contributed by atoms with Crippen LogP contribution in [0.3, 0.4) is 0 Å². The first-order valence-corrected chi connectivity index (χ1v) is 11.9. The summed E-state index contributed by atoms with van der Waals surface area (Å²) in [4.78, 5) is 27.7. The second-order valence-electron chi connectivity index (χ2n) is 10.1. The van der Waals surface area contributed by atoms with Gasteiger partial charge < -0.3 is 29.7 Å². The van der Waals surface area contributed by atoms with Crippen LogP contribution in [0.2, 0.25) is 0 Å². The van der Waals surface area contributed by atoms with Crippen LogP contribution >= 0.6 is 0 Å². The topological polar surface area (TPSA) is 91.3 Å². The Bertz CT molecular complexity index is 883. The molecule has 5 aliphatic heterocycles. The number of carboxylic acid groups (broad SMARTS) is 1. The predicted octanol–water partition coefficient (Wildman–Crippen LogP) is 3.75. The van der Waals surface area contributed by atoms with Crippen molar-refractivity contribution in [1.82, 2.24) is 10.2 Å². The molecule has 33 heavy (non-hydrogen) atoms. The molecule has 0 aromatic heterocycles. The Morgan fingerprint density at radius 1 is 1.21 bits per heavy atom. The van der Waals surface area contributed by atoms with Crippen LogP contribution in [-0.2, 0) is 9.47 Å². The summed E-state index contributed by atoms with van der Waals surface area (Å²) in [7, 11) is 0. The van der Waals surface area contributed by atoms with E-state index < -0.39 is 36.0 Å². The smallest absolute Gasteiger partial charge is 0.407 e. The zero-order valence-corrected chi connectivity index (χ0v) is 19.0. The van der Waals surface area contributed by atoms with Gasteiger partial charge >= 0.3 is 12.2 Å². The number of alkyl carbamates (subject to hydrolysis) is 1. The number of carbonyl (C=O) groups excluding carboxylic acids is 1. The van der Waals surface area contributed by atoms with Crippen LogP contribution in [0.1, 0.15) is 46.0 Å². The van der Waals surface area contributed by atoms with Gasteiger partial charge in [0.15, 0.2) is 6.30 Å². The number of anilines is 1. The van der Waals surface area contributed by atoms with Crippen LogP contribution in [-0.4, -0.2) is 71.0 Å². The summed E-state index contributed by atoms with van der Waals surface area (Å²) in [6.07, 6.45) is -0.517. The molecule has 4 bridgehead atoms. The van der Waals surface area contributed by atoms with E-state index in [1.165, 1.54) is 0 Å². The highest BCUT2D eigenvalue weighted by Crippen LogP contribution is 2.54. The lowest BCUT2D eigenvalue weighted by atomic mass is 9.63. The average Bonchev–Trinajstić information content (AvgIpc) is 2.72. The fourth-order valence-corrected chi connectivity index (χ4v) is 6.70. The maximum Gasteiger partial charge on any atom is 0.407 e. The molecule has 2 amide bonds. The van der Waals surface area contributed by atoms with E-state index in [0.29, 0.717) is 38.6 Å². The van der Waals surface area contributed by atoms with Crippen molar-refractivity contribution in [3.8, 4) is 0 Å². The van der Waals surface area contributed by atoms with Gasteiger partial charge in [0, 0.05) is 30.4 Å². The van der Waals surface area contributed by atoms with Crippen molar-refractivity contribution in [2.45, 2.75) is 88.2 Å². The third kappa shape index (κ3) is 3.90. The van der Waals surface area contributed by atoms with Crippen LogP contribution < -0.4 is 10.2 Å². The van der Waals surface area contributed by atoms with Crippen molar-refractivity contribution in [3.05, 3.63) is 30.3 Å². The summed E-state index contributed by atoms with van der Waals surface area (Å²) < 4.78 is 28.3. The number of benzene rings is 1. The molecule has 0 aliphatic carbocycles. The molecule has 5 heterocycles. The zero-order chi connectivity index (χ0) is 23.3. The molecule has 1 aromatic carbocycles. The lowest BCUT2D eigenvalue weighted by Crippen LogP contribution is -2.74. The van der Waals surface area contributed by atoms with E-state index in [1.807, 2.05) is 30.3 Å². The van der Waals surface area contributed by atoms with Gasteiger partial charge in [0.2, 0.25) is 0 Å². The molecular formula is C24H32FN3O5. The number of halogens is 1. The minimum Gasteiger partial charge on any atom is -0.465 e. The average molecular weight is 462 g/mol. The van der Waals surface area contributed by atoms with E-state index in [9.17, 15) is 14.7 Å². The molecule has 5 aliphatic rings. The summed E-state index contributed by atoms with van der Waals surface area (Å²) in [5.74, 6) is -0.643. The maximum absolute atomic E-state index is 16.5. The van der Waals surface area contributed by atoms with Gasteiger partial charge in [-0.15, -0.1) is 0 Å². The van der Waals surface area contributed by atoms with Crippen molar-refractivity contribution in [3.63, 3.8) is 0 Å². The van der Waals surface area contributed by atoms with Crippen molar-refractivity contribution in [1.29, 1.82) is 0 Å². The molecule has 6 rings (SSSR count). The Kier molecular flexibility index (Phi) is 5.63. The highest BCUT2D eigenvalue weighted by Gasteiger charge is 2.63. The van der Waals surface area contributed by atoms with Crippen molar-refractivity contribution in [2.75, 3.05) is 11.4 Å². The number of nitrogens with zero attached hydrogens (tertiary/aromatic N) is 2. The standard InChI is InChI=1S/C24H32FN3O5/c1-14(2)32-22(29)26-19-8-9-27(15-6-4-3-5-7-15)21(25)20(19)24-12-16-10-18(33-24)11-17(13-24)28(16)23(30)31/h3-7,14,16-21H,8-13H2,1-2H3,(H,26,29)(H,30,31). The molecule has 5 saturated heterocycles. The van der Waals surface area contributed by atoms with Crippen LogP contribution in [0.5, 0.6) is 0 Å². The number of amides is 2. The molecule has 5 fully saturated rings. The third-order valence-corrected chi connectivity index (χ3v) is 7.69. The number of alkyl halides is 1. The van der Waals surface area contributed by atoms with Crippen LogP contribution in [0.15, 0.2) is 30.3 Å². The minimum absolute atomic E-state index is 0.0827. The van der Waals surface area contributed by atoms with Gasteiger partial charge in [0.25, 0.3) is 0 Å². The molecule has 9 heteroatoms. The first kappa shape index (κ1) is 22.3. The second-order valence-corrected chi connectivity index (χ2v) is 10.1. The summed E-state index contributed by atoms with van der Waals surface area (Å²) >= 11 is 0. The molecule has 2 N–H and O–H groups in total. The molecule has 5 atom stereocenters. The Labute approximate surface area is 193 Å². The molecule has 0 radical (unpaired) electrons. The number of hydrogen-bond donors (Lipinski definition) is 2. The number of rotatable bonds is 4. The van der Waals surface area contributed by atoms with Gasteiger partial charge in [0.05, 0.1) is 23.7 Å². The van der Waals surface area contributed by atoms with Gasteiger partial charge in [0.1, 0.15) is 0 Å². The summed E-state index contributed by atoms with van der Waals surface area (Å²) in [5, 5.41) is 12.7. The maximum atomic E-state index is 16.5. The fourth-order valence-electron chi connectivity index (χ4n) is 6.70. The number of ether oxygens (including phenoxy) is 2.